The molecule has 3 rings (SSSR count). The van der Waals surface area contributed by atoms with Crippen molar-refractivity contribution in [2.24, 2.45) is 5.92 Å². The Bertz CT molecular complexity index is 1080. The lowest BCUT2D eigenvalue weighted by molar-refractivity contribution is -0.114. The predicted molar refractivity (Wildman–Crippen MR) is 120 cm³/mol. The first-order chi connectivity index (χ1) is 15.2. The van der Waals surface area contributed by atoms with Gasteiger partial charge < -0.3 is 10.2 Å². The van der Waals surface area contributed by atoms with Gasteiger partial charge in [-0.25, -0.2) is 17.5 Å². The van der Waals surface area contributed by atoms with Gasteiger partial charge in [0.15, 0.2) is 0 Å². The number of nitrogens with zero attached hydrogens (tertiary/aromatic N) is 1. The van der Waals surface area contributed by atoms with E-state index in [1.165, 1.54) is 37.3 Å². The number of nitrogens with one attached hydrogen (secondary N) is 2. The molecule has 0 saturated carbocycles. The monoisotopic (exact) mass is 461 g/mol. The highest BCUT2D eigenvalue weighted by Gasteiger charge is 2.25. The minimum Gasteiger partial charge on any atom is -0.339 e. The van der Waals surface area contributed by atoms with Crippen molar-refractivity contribution in [3.63, 3.8) is 0 Å². The molecule has 1 heterocycles. The van der Waals surface area contributed by atoms with E-state index in [9.17, 15) is 22.4 Å². The lowest BCUT2D eigenvalue weighted by Gasteiger charge is -2.32. The summed E-state index contributed by atoms with van der Waals surface area (Å²) >= 11 is 0. The van der Waals surface area contributed by atoms with Crippen LogP contribution < -0.4 is 10.0 Å². The summed E-state index contributed by atoms with van der Waals surface area (Å²) in [5.41, 5.74) is 1.49. The third kappa shape index (κ3) is 6.14. The highest BCUT2D eigenvalue weighted by molar-refractivity contribution is 7.89. The van der Waals surface area contributed by atoms with Crippen LogP contribution in [0.3, 0.4) is 0 Å². The minimum absolute atomic E-state index is 0.0485. The quantitative estimate of drug-likeness (QED) is 0.661. The van der Waals surface area contributed by atoms with Gasteiger partial charge in [0.25, 0.3) is 5.91 Å². The van der Waals surface area contributed by atoms with Crippen LogP contribution in [0.1, 0.15) is 42.1 Å². The fraction of sp³-hybridized carbons (Fsp3) is 0.391. The number of aryl methyl sites for hydroxylation is 1. The minimum atomic E-state index is -3.78. The summed E-state index contributed by atoms with van der Waals surface area (Å²) in [6.07, 6.45) is 2.20. The van der Waals surface area contributed by atoms with E-state index in [2.05, 4.69) is 10.0 Å². The normalized spacial score (nSPS) is 14.9. The van der Waals surface area contributed by atoms with Crippen LogP contribution in [-0.2, 0) is 14.8 Å². The van der Waals surface area contributed by atoms with Gasteiger partial charge in [-0.1, -0.05) is 6.07 Å². The zero-order chi connectivity index (χ0) is 23.3. The summed E-state index contributed by atoms with van der Waals surface area (Å²) in [7, 11) is -3.78. The summed E-state index contributed by atoms with van der Waals surface area (Å²) in [5.74, 6) is -0.541. The Morgan fingerprint density at radius 1 is 1.09 bits per heavy atom. The van der Waals surface area contributed by atoms with Gasteiger partial charge in [0.2, 0.25) is 15.9 Å². The topological polar surface area (TPSA) is 95.6 Å². The molecular weight excluding hydrogens is 433 g/mol. The van der Waals surface area contributed by atoms with Crippen molar-refractivity contribution in [1.29, 1.82) is 0 Å². The van der Waals surface area contributed by atoms with Crippen LogP contribution in [0.2, 0.25) is 0 Å². The van der Waals surface area contributed by atoms with Crippen molar-refractivity contribution in [2.45, 2.75) is 38.0 Å². The summed E-state index contributed by atoms with van der Waals surface area (Å²) in [4.78, 5) is 25.7. The van der Waals surface area contributed by atoms with Crippen LogP contribution in [0.5, 0.6) is 0 Å². The van der Waals surface area contributed by atoms with Crippen LogP contribution in [0.15, 0.2) is 47.4 Å². The highest BCUT2D eigenvalue weighted by Crippen LogP contribution is 2.24. The van der Waals surface area contributed by atoms with Crippen LogP contribution in [-0.4, -0.2) is 44.8 Å². The first kappa shape index (κ1) is 23.9. The van der Waals surface area contributed by atoms with Crippen molar-refractivity contribution in [3.05, 3.63) is 59.4 Å². The van der Waals surface area contributed by atoms with Gasteiger partial charge in [-0.2, -0.15) is 0 Å². The standard InChI is InChI=1S/C23H28FN3O4S/c1-16-3-8-21(26-17(2)28)22(15-16)32(30,31)25-12-9-18-10-13-27(14-11-18)23(29)19-4-6-20(24)7-5-19/h3-8,15,18,25H,9-14H2,1-2H3,(H,26,28). The zero-order valence-electron chi connectivity index (χ0n) is 18.2. The van der Waals surface area contributed by atoms with Gasteiger partial charge in [-0.3, -0.25) is 9.59 Å². The number of benzene rings is 2. The van der Waals surface area contributed by atoms with E-state index in [-0.39, 0.29) is 34.8 Å². The van der Waals surface area contributed by atoms with Crippen LogP contribution in [0.4, 0.5) is 10.1 Å². The van der Waals surface area contributed by atoms with Crippen LogP contribution in [0, 0.1) is 18.7 Å². The number of sulfonamides is 1. The molecule has 1 aliphatic rings. The molecule has 172 valence electrons. The number of carbonyl (C=O) groups excluding carboxylic acids is 2. The molecule has 0 unspecified atom stereocenters. The molecule has 0 aliphatic carbocycles. The van der Waals surface area contributed by atoms with Gasteiger partial charge in [-0.15, -0.1) is 0 Å². The number of carbonyl (C=O) groups is 2. The Morgan fingerprint density at radius 3 is 2.38 bits per heavy atom. The van der Waals surface area contributed by atoms with Crippen molar-refractivity contribution in [2.75, 3.05) is 25.0 Å². The van der Waals surface area contributed by atoms with Crippen molar-refractivity contribution in [1.82, 2.24) is 9.62 Å². The molecule has 0 radical (unpaired) electrons. The molecule has 1 aliphatic heterocycles. The fourth-order valence-corrected chi connectivity index (χ4v) is 5.11. The molecule has 0 aromatic heterocycles. The molecule has 0 bridgehead atoms. The number of rotatable bonds is 7. The Kier molecular flexibility index (Phi) is 7.63. The van der Waals surface area contributed by atoms with E-state index < -0.39 is 10.0 Å². The van der Waals surface area contributed by atoms with Gasteiger partial charge in [0.05, 0.1) is 5.69 Å². The molecule has 2 N–H and O–H groups in total. The van der Waals surface area contributed by atoms with E-state index in [1.807, 2.05) is 0 Å². The second-order valence-corrected chi connectivity index (χ2v) is 9.85. The largest absolute Gasteiger partial charge is 0.339 e. The van der Waals surface area contributed by atoms with Gasteiger partial charge in [0.1, 0.15) is 10.7 Å². The number of amides is 2. The lowest BCUT2D eigenvalue weighted by atomic mass is 9.93. The Morgan fingerprint density at radius 2 is 1.75 bits per heavy atom. The molecule has 2 amide bonds. The molecule has 32 heavy (non-hydrogen) atoms. The Hall–Kier alpha value is -2.78. The maximum Gasteiger partial charge on any atom is 0.253 e. The molecule has 7 nitrogen and oxygen atoms in total. The molecule has 0 atom stereocenters. The van der Waals surface area contributed by atoms with Gasteiger partial charge >= 0.3 is 0 Å². The highest BCUT2D eigenvalue weighted by atomic mass is 32.2. The van der Waals surface area contributed by atoms with Crippen LogP contribution in [0.25, 0.3) is 0 Å². The summed E-state index contributed by atoms with van der Waals surface area (Å²) < 4.78 is 41.3. The number of hydrogen-bond donors (Lipinski definition) is 2. The van der Waals surface area contributed by atoms with Gasteiger partial charge in [0, 0.05) is 32.1 Å². The predicted octanol–water partition coefficient (Wildman–Crippen LogP) is 3.31. The van der Waals surface area contributed by atoms with Crippen molar-refractivity contribution < 1.29 is 22.4 Å². The smallest absolute Gasteiger partial charge is 0.253 e. The molecule has 9 heteroatoms. The second-order valence-electron chi connectivity index (χ2n) is 8.11. The number of halogens is 1. The molecule has 1 saturated heterocycles. The second kappa shape index (κ2) is 10.2. The van der Waals surface area contributed by atoms with E-state index >= 15 is 0 Å². The number of piperidine rings is 1. The first-order valence-corrected chi connectivity index (χ1v) is 12.1. The molecule has 1 fully saturated rings. The number of anilines is 1. The first-order valence-electron chi connectivity index (χ1n) is 10.6. The summed E-state index contributed by atoms with van der Waals surface area (Å²) in [6.45, 7) is 4.55. The van der Waals surface area contributed by atoms with E-state index in [4.69, 9.17) is 0 Å². The summed E-state index contributed by atoms with van der Waals surface area (Å²) in [6, 6.07) is 10.4. The third-order valence-electron chi connectivity index (χ3n) is 5.57. The van der Waals surface area contributed by atoms with E-state index in [0.29, 0.717) is 31.0 Å². The van der Waals surface area contributed by atoms with E-state index in [1.54, 1.807) is 24.0 Å². The van der Waals surface area contributed by atoms with Crippen molar-refractivity contribution >= 4 is 27.5 Å². The van der Waals surface area contributed by atoms with Crippen LogP contribution >= 0.6 is 0 Å². The van der Waals surface area contributed by atoms with Gasteiger partial charge in [-0.05, 0) is 74.1 Å². The number of hydrogen-bond acceptors (Lipinski definition) is 4. The summed E-state index contributed by atoms with van der Waals surface area (Å²) in [5, 5.41) is 2.56. The van der Waals surface area contributed by atoms with E-state index in [0.717, 1.165) is 18.4 Å². The SMILES string of the molecule is CC(=O)Nc1ccc(C)cc1S(=O)(=O)NCCC1CCN(C(=O)c2ccc(F)cc2)CC1. The Balaban J connectivity index is 1.52. The molecule has 2 aromatic carbocycles. The number of likely N-dealkylation sites (tertiary alicyclic amines) is 1. The maximum absolute atomic E-state index is 13.1. The molecule has 0 spiro atoms. The molecule has 2 aromatic rings. The average Bonchev–Trinajstić information content (AvgIpc) is 2.75. The fourth-order valence-electron chi connectivity index (χ4n) is 3.82. The lowest BCUT2D eigenvalue weighted by Crippen LogP contribution is -2.39. The maximum atomic E-state index is 13.1. The third-order valence-corrected chi connectivity index (χ3v) is 7.08. The Labute approximate surface area is 188 Å². The molecular formula is C23H28FN3O4S. The van der Waals surface area contributed by atoms with Crippen molar-refractivity contribution in [3.8, 4) is 0 Å². The zero-order valence-corrected chi connectivity index (χ0v) is 19.0. The average molecular weight is 462 g/mol.